The summed E-state index contributed by atoms with van der Waals surface area (Å²) in [6.45, 7) is 6.30. The lowest BCUT2D eigenvalue weighted by atomic mass is 10.1. The third-order valence-corrected chi connectivity index (χ3v) is 6.04. The van der Waals surface area contributed by atoms with E-state index in [1.807, 2.05) is 13.8 Å². The predicted octanol–water partition coefficient (Wildman–Crippen LogP) is 6.07. The molecule has 1 atom stereocenters. The summed E-state index contributed by atoms with van der Waals surface area (Å²) < 4.78 is 34.6. The number of rotatable bonds is 8. The Kier molecular flexibility index (Phi) is 7.81. The van der Waals surface area contributed by atoms with Gasteiger partial charge in [0.2, 0.25) is 0 Å². The zero-order chi connectivity index (χ0) is 26.5. The number of carbonyl (C=O) groups excluding carboxylic acids is 1. The lowest BCUT2D eigenvalue weighted by molar-refractivity contribution is 0.185. The number of hydrogen-bond donors (Lipinski definition) is 1. The number of carbonyl (C=O) groups is 1. The van der Waals surface area contributed by atoms with Gasteiger partial charge in [0, 0.05) is 12.6 Å². The number of amides is 2. The molecule has 0 aliphatic carbocycles. The Balaban J connectivity index is 1.82. The molecule has 0 radical (unpaired) electrons. The van der Waals surface area contributed by atoms with Crippen LogP contribution in [0, 0.1) is 11.6 Å². The number of fused-ring (bicyclic) bond motifs is 1. The lowest BCUT2D eigenvalue weighted by Crippen LogP contribution is -2.40. The molecule has 0 bridgehead atoms. The third-order valence-electron chi connectivity index (χ3n) is 6.04. The molecule has 1 aromatic heterocycles. The van der Waals surface area contributed by atoms with Gasteiger partial charge in [-0.25, -0.2) is 18.6 Å². The number of benzene rings is 3. The van der Waals surface area contributed by atoms with Crippen LogP contribution in [0.1, 0.15) is 39.1 Å². The summed E-state index contributed by atoms with van der Waals surface area (Å²) in [5.74, 6) is -0.592. The fraction of sp³-hybridized carbons (Fsp3) is 0.250. The first-order chi connectivity index (χ1) is 17.9. The molecule has 1 N–H and O–H groups in total. The van der Waals surface area contributed by atoms with Gasteiger partial charge in [-0.15, -0.1) is 0 Å². The number of urea groups is 1. The van der Waals surface area contributed by atoms with Crippen molar-refractivity contribution in [2.45, 2.75) is 33.2 Å². The molecule has 4 rings (SSSR count). The van der Waals surface area contributed by atoms with Crippen LogP contribution in [-0.2, 0) is 0 Å². The average molecular weight is 507 g/mol. The van der Waals surface area contributed by atoms with E-state index in [2.05, 4.69) is 5.32 Å². The summed E-state index contributed by atoms with van der Waals surface area (Å²) >= 11 is 0. The molecule has 192 valence electrons. The van der Waals surface area contributed by atoms with Crippen LogP contribution in [0.25, 0.3) is 16.6 Å². The Morgan fingerprint density at radius 2 is 1.78 bits per heavy atom. The van der Waals surface area contributed by atoms with Crippen molar-refractivity contribution in [1.29, 1.82) is 0 Å². The number of halogens is 2. The largest absolute Gasteiger partial charge is 0.494 e. The lowest BCUT2D eigenvalue weighted by Gasteiger charge is -2.31. The molecule has 0 saturated heterocycles. The van der Waals surface area contributed by atoms with Gasteiger partial charge in [0.15, 0.2) is 0 Å². The Hall–Kier alpha value is -4.27. The Morgan fingerprint density at radius 1 is 1.05 bits per heavy atom. The maximum absolute atomic E-state index is 14.2. The first-order valence-corrected chi connectivity index (χ1v) is 12.2. The molecule has 4 aromatic rings. The summed E-state index contributed by atoms with van der Waals surface area (Å²) in [6.07, 6.45) is 0.426. The van der Waals surface area contributed by atoms with Gasteiger partial charge in [0.05, 0.1) is 34.9 Å². The molecule has 37 heavy (non-hydrogen) atoms. The molecule has 3 aromatic carbocycles. The topological polar surface area (TPSA) is 76.5 Å². The van der Waals surface area contributed by atoms with Crippen molar-refractivity contribution in [2.24, 2.45) is 0 Å². The Labute approximate surface area is 213 Å². The van der Waals surface area contributed by atoms with Crippen LogP contribution in [-0.4, -0.2) is 33.6 Å². The van der Waals surface area contributed by atoms with Crippen molar-refractivity contribution < 1.29 is 18.3 Å². The zero-order valence-electron chi connectivity index (χ0n) is 20.9. The fourth-order valence-corrected chi connectivity index (χ4v) is 4.31. The van der Waals surface area contributed by atoms with Crippen LogP contribution in [0.3, 0.4) is 0 Å². The van der Waals surface area contributed by atoms with Crippen LogP contribution in [0.4, 0.5) is 19.3 Å². The van der Waals surface area contributed by atoms with Crippen molar-refractivity contribution in [3.05, 3.63) is 94.5 Å². The smallest absolute Gasteiger partial charge is 0.322 e. The first kappa shape index (κ1) is 25.8. The molecule has 0 aliphatic rings. The van der Waals surface area contributed by atoms with Gasteiger partial charge in [0.1, 0.15) is 23.2 Å². The maximum Gasteiger partial charge on any atom is 0.322 e. The van der Waals surface area contributed by atoms with E-state index in [-0.39, 0.29) is 17.8 Å². The van der Waals surface area contributed by atoms with Gasteiger partial charge >= 0.3 is 6.03 Å². The van der Waals surface area contributed by atoms with Crippen molar-refractivity contribution >= 4 is 22.6 Å². The quantitative estimate of drug-likeness (QED) is 0.315. The molecule has 0 saturated carbocycles. The summed E-state index contributed by atoms with van der Waals surface area (Å²) in [5.41, 5.74) is 0.657. The monoisotopic (exact) mass is 506 g/mol. The van der Waals surface area contributed by atoms with Gasteiger partial charge in [-0.05, 0) is 68.8 Å². The fourth-order valence-electron chi connectivity index (χ4n) is 4.31. The van der Waals surface area contributed by atoms with E-state index < -0.39 is 23.7 Å². The number of nitrogens with one attached hydrogen (secondary N) is 1. The third kappa shape index (κ3) is 5.30. The van der Waals surface area contributed by atoms with E-state index in [4.69, 9.17) is 9.72 Å². The molecule has 1 heterocycles. The minimum absolute atomic E-state index is 0.143. The van der Waals surface area contributed by atoms with Gasteiger partial charge in [0.25, 0.3) is 5.56 Å². The van der Waals surface area contributed by atoms with E-state index in [1.165, 1.54) is 15.5 Å². The first-order valence-electron chi connectivity index (χ1n) is 12.2. The van der Waals surface area contributed by atoms with Crippen molar-refractivity contribution in [1.82, 2.24) is 14.5 Å². The number of ether oxygens (including phenoxy) is 1. The van der Waals surface area contributed by atoms with E-state index >= 15 is 0 Å². The number of para-hydroxylation sites is 1. The second kappa shape index (κ2) is 11.2. The molecule has 9 heteroatoms. The van der Waals surface area contributed by atoms with Crippen molar-refractivity contribution in [3.63, 3.8) is 0 Å². The summed E-state index contributed by atoms with van der Waals surface area (Å²) in [7, 11) is 0. The van der Waals surface area contributed by atoms with E-state index in [9.17, 15) is 18.4 Å². The number of anilines is 1. The summed E-state index contributed by atoms with van der Waals surface area (Å²) in [5, 5.41) is 2.96. The molecular weight excluding hydrogens is 478 g/mol. The van der Waals surface area contributed by atoms with Gasteiger partial charge in [-0.1, -0.05) is 19.1 Å². The van der Waals surface area contributed by atoms with Crippen LogP contribution in [0.5, 0.6) is 5.75 Å². The molecule has 0 fully saturated rings. The van der Waals surface area contributed by atoms with Crippen molar-refractivity contribution in [2.75, 3.05) is 18.5 Å². The summed E-state index contributed by atoms with van der Waals surface area (Å²) in [6, 6.07) is 15.8. The highest BCUT2D eigenvalue weighted by Crippen LogP contribution is 2.27. The highest BCUT2D eigenvalue weighted by Gasteiger charge is 2.28. The predicted molar refractivity (Wildman–Crippen MR) is 139 cm³/mol. The molecule has 2 amide bonds. The molecule has 0 aliphatic heterocycles. The average Bonchev–Trinajstić information content (AvgIpc) is 2.89. The standard InChI is InChI=1S/C28H28F2N4O3/c1-4-25(33(5-2)28(36)32-24-16-11-18(29)17-22(24)30)26-31-23-10-8-7-9-21(23)27(35)34(26)19-12-14-20(15-13-19)37-6-3/h7-17,25H,4-6H2,1-3H3,(H,32,36). The van der Waals surface area contributed by atoms with Crippen LogP contribution in [0.15, 0.2) is 71.5 Å². The van der Waals surface area contributed by atoms with Gasteiger partial charge in [-0.2, -0.15) is 0 Å². The van der Waals surface area contributed by atoms with Gasteiger partial charge < -0.3 is 15.0 Å². The van der Waals surface area contributed by atoms with E-state index in [0.717, 1.165) is 6.07 Å². The van der Waals surface area contributed by atoms with E-state index in [1.54, 1.807) is 55.5 Å². The Bertz CT molecular complexity index is 1470. The normalized spacial score (nSPS) is 11.8. The highest BCUT2D eigenvalue weighted by molar-refractivity contribution is 5.89. The SMILES string of the molecule is CCOc1ccc(-n2c(C(CC)N(CC)C(=O)Nc3ccc(F)cc3F)nc3ccccc3c2=O)cc1. The molecule has 1 unspecified atom stereocenters. The Morgan fingerprint density at radius 3 is 2.43 bits per heavy atom. The maximum atomic E-state index is 14.2. The number of hydrogen-bond acceptors (Lipinski definition) is 4. The second-order valence-corrected chi connectivity index (χ2v) is 8.32. The van der Waals surface area contributed by atoms with Gasteiger partial charge in [-0.3, -0.25) is 9.36 Å². The summed E-state index contributed by atoms with van der Waals surface area (Å²) in [4.78, 5) is 33.3. The zero-order valence-corrected chi connectivity index (χ0v) is 20.9. The highest BCUT2D eigenvalue weighted by atomic mass is 19.1. The second-order valence-electron chi connectivity index (χ2n) is 8.32. The number of nitrogens with zero attached hydrogens (tertiary/aromatic N) is 3. The van der Waals surface area contributed by atoms with Crippen LogP contribution in [0.2, 0.25) is 0 Å². The number of aromatic nitrogens is 2. The van der Waals surface area contributed by atoms with Crippen molar-refractivity contribution in [3.8, 4) is 11.4 Å². The molecule has 7 nitrogen and oxygen atoms in total. The van der Waals surface area contributed by atoms with Crippen LogP contribution >= 0.6 is 0 Å². The molecular formula is C28H28F2N4O3. The molecule has 0 spiro atoms. The van der Waals surface area contributed by atoms with E-state index in [0.29, 0.717) is 47.3 Å². The van der Waals surface area contributed by atoms with Crippen LogP contribution < -0.4 is 15.6 Å². The minimum Gasteiger partial charge on any atom is -0.494 e. The minimum atomic E-state index is -0.882.